The summed E-state index contributed by atoms with van der Waals surface area (Å²) in [6.07, 6.45) is 20.4. The highest BCUT2D eigenvalue weighted by molar-refractivity contribution is 5.81. The van der Waals surface area contributed by atoms with Gasteiger partial charge >= 0.3 is 0 Å². The standard InChI is InChI=1S/C28H45NO/c1-2-3-4-5-6-7-8-9-10-14-20-28(30)25-21-26-18-15-19-27(22-25)29(26)23-24-16-12-11-13-17-24/h11-13,16-17,25-27H,2-10,14-15,18-23H2,1H3. The van der Waals surface area contributed by atoms with Gasteiger partial charge in [0.05, 0.1) is 0 Å². The molecule has 0 N–H and O–H groups in total. The smallest absolute Gasteiger partial charge is 0.136 e. The summed E-state index contributed by atoms with van der Waals surface area (Å²) in [5.74, 6) is 0.914. The lowest BCUT2D eigenvalue weighted by Gasteiger charge is -2.48. The van der Waals surface area contributed by atoms with Crippen molar-refractivity contribution in [2.24, 2.45) is 5.92 Å². The quantitative estimate of drug-likeness (QED) is 0.292. The first-order valence-electron chi connectivity index (χ1n) is 13.1. The van der Waals surface area contributed by atoms with E-state index in [-0.39, 0.29) is 0 Å². The predicted octanol–water partition coefficient (Wildman–Crippen LogP) is 7.70. The largest absolute Gasteiger partial charge is 0.299 e. The van der Waals surface area contributed by atoms with E-state index < -0.39 is 0 Å². The molecule has 2 nitrogen and oxygen atoms in total. The highest BCUT2D eigenvalue weighted by atomic mass is 16.1. The fraction of sp³-hybridized carbons (Fsp3) is 0.750. The van der Waals surface area contributed by atoms with Gasteiger partial charge in [-0.15, -0.1) is 0 Å². The van der Waals surface area contributed by atoms with Gasteiger partial charge in [-0.2, -0.15) is 0 Å². The molecule has 0 saturated carbocycles. The monoisotopic (exact) mass is 411 g/mol. The van der Waals surface area contributed by atoms with Gasteiger partial charge in [0.25, 0.3) is 0 Å². The Labute approximate surface area is 185 Å². The molecular weight excluding hydrogens is 366 g/mol. The number of nitrogens with zero attached hydrogens (tertiary/aromatic N) is 1. The summed E-state index contributed by atoms with van der Waals surface area (Å²) in [6.45, 7) is 3.34. The van der Waals surface area contributed by atoms with Crippen molar-refractivity contribution in [3.8, 4) is 0 Å². The van der Waals surface area contributed by atoms with Crippen LogP contribution in [0, 0.1) is 5.92 Å². The van der Waals surface area contributed by atoms with Gasteiger partial charge in [0.1, 0.15) is 5.78 Å². The number of hydrogen-bond acceptors (Lipinski definition) is 2. The van der Waals surface area contributed by atoms with Gasteiger partial charge in [0.15, 0.2) is 0 Å². The van der Waals surface area contributed by atoms with Crippen LogP contribution in [0.2, 0.25) is 0 Å². The summed E-state index contributed by atoms with van der Waals surface area (Å²) in [5, 5.41) is 0. The fourth-order valence-corrected chi connectivity index (χ4v) is 5.78. The van der Waals surface area contributed by atoms with E-state index in [1.165, 1.54) is 82.6 Å². The van der Waals surface area contributed by atoms with E-state index in [9.17, 15) is 4.79 Å². The Balaban J connectivity index is 1.32. The number of carbonyl (C=O) groups is 1. The van der Waals surface area contributed by atoms with Gasteiger partial charge in [-0.1, -0.05) is 101 Å². The number of Topliss-reactive ketones (excluding diaryl/α,β-unsaturated/α-hetero) is 1. The Morgan fingerprint density at radius 2 is 1.40 bits per heavy atom. The Morgan fingerprint density at radius 1 is 0.833 bits per heavy atom. The number of ketones is 1. The number of piperidine rings is 2. The second-order valence-electron chi connectivity index (χ2n) is 9.96. The van der Waals surface area contributed by atoms with Crippen molar-refractivity contribution in [3.05, 3.63) is 35.9 Å². The lowest BCUT2D eigenvalue weighted by Crippen LogP contribution is -2.52. The van der Waals surface area contributed by atoms with Crippen molar-refractivity contribution in [1.82, 2.24) is 4.90 Å². The third kappa shape index (κ3) is 7.52. The number of carbonyl (C=O) groups excluding carboxylic acids is 1. The normalized spacial score (nSPS) is 24.1. The van der Waals surface area contributed by atoms with Crippen molar-refractivity contribution in [2.75, 3.05) is 0 Å². The summed E-state index contributed by atoms with van der Waals surface area (Å²) >= 11 is 0. The molecule has 0 radical (unpaired) electrons. The molecule has 30 heavy (non-hydrogen) atoms. The summed E-state index contributed by atoms with van der Waals surface area (Å²) in [4.78, 5) is 15.6. The first-order chi connectivity index (χ1) is 14.8. The molecule has 3 rings (SSSR count). The summed E-state index contributed by atoms with van der Waals surface area (Å²) < 4.78 is 0. The highest BCUT2D eigenvalue weighted by Gasteiger charge is 2.40. The Bertz CT molecular complexity index is 584. The van der Waals surface area contributed by atoms with Gasteiger partial charge in [-0.05, 0) is 37.7 Å². The minimum atomic E-state index is 0.339. The van der Waals surface area contributed by atoms with E-state index in [1.807, 2.05) is 0 Å². The van der Waals surface area contributed by atoms with Crippen LogP contribution in [0.5, 0.6) is 0 Å². The minimum Gasteiger partial charge on any atom is -0.299 e. The number of hydrogen-bond donors (Lipinski definition) is 0. The topological polar surface area (TPSA) is 20.3 Å². The molecule has 1 aromatic carbocycles. The van der Waals surface area contributed by atoms with E-state index >= 15 is 0 Å². The SMILES string of the molecule is CCCCCCCCCCCCC(=O)C1CC2CCCC(C1)N2Cc1ccccc1. The van der Waals surface area contributed by atoms with Gasteiger partial charge in [0.2, 0.25) is 0 Å². The predicted molar refractivity (Wildman–Crippen MR) is 128 cm³/mol. The molecule has 1 aromatic rings. The first kappa shape index (κ1) is 23.5. The fourth-order valence-electron chi connectivity index (χ4n) is 5.78. The van der Waals surface area contributed by atoms with E-state index in [2.05, 4.69) is 42.2 Å². The Morgan fingerprint density at radius 3 is 2.00 bits per heavy atom. The van der Waals surface area contributed by atoms with Crippen molar-refractivity contribution >= 4 is 5.78 Å². The third-order valence-corrected chi connectivity index (χ3v) is 7.57. The molecule has 0 aromatic heterocycles. The van der Waals surface area contributed by atoms with Crippen LogP contribution in [0.1, 0.15) is 115 Å². The van der Waals surface area contributed by atoms with Crippen LogP contribution in [0.3, 0.4) is 0 Å². The highest BCUT2D eigenvalue weighted by Crippen LogP contribution is 2.38. The van der Waals surface area contributed by atoms with Crippen LogP contribution >= 0.6 is 0 Å². The number of fused-ring (bicyclic) bond motifs is 2. The number of rotatable bonds is 14. The Hall–Kier alpha value is -1.15. The second-order valence-corrected chi connectivity index (χ2v) is 9.96. The van der Waals surface area contributed by atoms with Gasteiger partial charge in [-0.3, -0.25) is 9.69 Å². The van der Waals surface area contributed by atoms with Crippen molar-refractivity contribution in [3.63, 3.8) is 0 Å². The Kier molecular flexibility index (Phi) is 10.4. The summed E-state index contributed by atoms with van der Waals surface area (Å²) in [7, 11) is 0. The molecule has 2 heterocycles. The molecule has 168 valence electrons. The molecule has 2 aliphatic heterocycles. The average Bonchev–Trinajstić information content (AvgIpc) is 2.75. The van der Waals surface area contributed by atoms with E-state index in [0.29, 0.717) is 23.8 Å². The van der Waals surface area contributed by atoms with E-state index in [1.54, 1.807) is 0 Å². The maximum atomic E-state index is 12.9. The van der Waals surface area contributed by atoms with Crippen LogP contribution in [-0.2, 0) is 11.3 Å². The first-order valence-corrected chi connectivity index (χ1v) is 13.1. The third-order valence-electron chi connectivity index (χ3n) is 7.57. The molecule has 2 heteroatoms. The van der Waals surface area contributed by atoms with Crippen LogP contribution in [0.4, 0.5) is 0 Å². The van der Waals surface area contributed by atoms with Crippen LogP contribution in [-0.4, -0.2) is 22.8 Å². The maximum Gasteiger partial charge on any atom is 0.136 e. The van der Waals surface area contributed by atoms with Crippen molar-refractivity contribution in [1.29, 1.82) is 0 Å². The number of benzene rings is 1. The molecule has 2 saturated heterocycles. The van der Waals surface area contributed by atoms with Gasteiger partial charge in [-0.25, -0.2) is 0 Å². The minimum absolute atomic E-state index is 0.339. The van der Waals surface area contributed by atoms with Crippen molar-refractivity contribution in [2.45, 2.75) is 128 Å². The molecule has 2 atom stereocenters. The van der Waals surface area contributed by atoms with Crippen molar-refractivity contribution < 1.29 is 4.79 Å². The van der Waals surface area contributed by atoms with Gasteiger partial charge < -0.3 is 0 Å². The molecule has 2 fully saturated rings. The zero-order valence-corrected chi connectivity index (χ0v) is 19.5. The molecular formula is C28H45NO. The summed E-state index contributed by atoms with van der Waals surface area (Å²) in [6, 6.07) is 12.1. The van der Waals surface area contributed by atoms with Crippen LogP contribution in [0.25, 0.3) is 0 Å². The molecule has 2 unspecified atom stereocenters. The second kappa shape index (κ2) is 13.3. The molecule has 0 amide bonds. The summed E-state index contributed by atoms with van der Waals surface area (Å²) in [5.41, 5.74) is 1.42. The zero-order chi connectivity index (χ0) is 21.0. The molecule has 0 spiro atoms. The molecule has 2 bridgehead atoms. The van der Waals surface area contributed by atoms with Crippen LogP contribution in [0.15, 0.2) is 30.3 Å². The zero-order valence-electron chi connectivity index (χ0n) is 19.5. The molecule has 2 aliphatic rings. The van der Waals surface area contributed by atoms with Crippen LogP contribution < -0.4 is 0 Å². The van der Waals surface area contributed by atoms with E-state index in [0.717, 1.165) is 32.2 Å². The maximum absolute atomic E-state index is 12.9. The van der Waals surface area contributed by atoms with Gasteiger partial charge in [0, 0.05) is 31.0 Å². The number of unbranched alkanes of at least 4 members (excludes halogenated alkanes) is 9. The van der Waals surface area contributed by atoms with E-state index in [4.69, 9.17) is 0 Å². The average molecular weight is 412 g/mol. The molecule has 0 aliphatic carbocycles. The lowest BCUT2D eigenvalue weighted by atomic mass is 9.76. The lowest BCUT2D eigenvalue weighted by molar-refractivity contribution is -0.127.